The standard InChI is InChI=1S/C12H15BrN2O/c1-2-3-4-10-12(16)15-11-7-8(13)5-6-9(11)14-10/h5-7,10,14H,2-4H2,1H3,(H,15,16). The van der Waals surface area contributed by atoms with Gasteiger partial charge in [-0.25, -0.2) is 0 Å². The molecule has 1 aliphatic rings. The van der Waals surface area contributed by atoms with Crippen LogP contribution in [0.3, 0.4) is 0 Å². The van der Waals surface area contributed by atoms with Crippen molar-refractivity contribution in [2.45, 2.75) is 32.2 Å². The Morgan fingerprint density at radius 3 is 2.94 bits per heavy atom. The lowest BCUT2D eigenvalue weighted by Crippen LogP contribution is -2.38. The van der Waals surface area contributed by atoms with Crippen LogP contribution in [0.2, 0.25) is 0 Å². The summed E-state index contributed by atoms with van der Waals surface area (Å²) in [6.07, 6.45) is 3.06. The van der Waals surface area contributed by atoms with Crippen LogP contribution in [0.4, 0.5) is 11.4 Å². The maximum Gasteiger partial charge on any atom is 0.246 e. The van der Waals surface area contributed by atoms with Gasteiger partial charge in [0.15, 0.2) is 0 Å². The van der Waals surface area contributed by atoms with Crippen LogP contribution in [0, 0.1) is 0 Å². The van der Waals surface area contributed by atoms with Crippen LogP contribution >= 0.6 is 15.9 Å². The highest BCUT2D eigenvalue weighted by atomic mass is 79.9. The Morgan fingerprint density at radius 2 is 2.19 bits per heavy atom. The van der Waals surface area contributed by atoms with Crippen LogP contribution in [-0.2, 0) is 4.79 Å². The number of rotatable bonds is 3. The van der Waals surface area contributed by atoms with Crippen LogP contribution < -0.4 is 10.6 Å². The van der Waals surface area contributed by atoms with Crippen LogP contribution in [0.5, 0.6) is 0 Å². The Hall–Kier alpha value is -1.03. The largest absolute Gasteiger partial charge is 0.372 e. The van der Waals surface area contributed by atoms with Crippen molar-refractivity contribution in [1.29, 1.82) is 0 Å². The first-order valence-corrected chi connectivity index (χ1v) is 6.37. The quantitative estimate of drug-likeness (QED) is 0.893. The molecule has 86 valence electrons. The van der Waals surface area contributed by atoms with Crippen molar-refractivity contribution in [2.75, 3.05) is 10.6 Å². The van der Waals surface area contributed by atoms with Crippen LogP contribution in [0.15, 0.2) is 22.7 Å². The van der Waals surface area contributed by atoms with E-state index in [1.807, 2.05) is 18.2 Å². The van der Waals surface area contributed by atoms with Crippen LogP contribution in [0.25, 0.3) is 0 Å². The van der Waals surface area contributed by atoms with Crippen LogP contribution in [-0.4, -0.2) is 11.9 Å². The normalized spacial score (nSPS) is 18.6. The van der Waals surface area contributed by atoms with Gasteiger partial charge in [-0.2, -0.15) is 0 Å². The molecule has 3 nitrogen and oxygen atoms in total. The van der Waals surface area contributed by atoms with Crippen molar-refractivity contribution < 1.29 is 4.79 Å². The van der Waals surface area contributed by atoms with E-state index in [9.17, 15) is 4.79 Å². The third kappa shape index (κ3) is 2.38. The highest BCUT2D eigenvalue weighted by molar-refractivity contribution is 9.10. The smallest absolute Gasteiger partial charge is 0.246 e. The summed E-state index contributed by atoms with van der Waals surface area (Å²) in [5.74, 6) is 0.0686. The Balaban J connectivity index is 2.15. The zero-order valence-corrected chi connectivity index (χ0v) is 10.8. The van der Waals surface area contributed by atoms with E-state index in [0.29, 0.717) is 0 Å². The first kappa shape index (κ1) is 11.5. The van der Waals surface area contributed by atoms with Gasteiger partial charge in [0.05, 0.1) is 11.4 Å². The van der Waals surface area contributed by atoms with Gasteiger partial charge in [-0.1, -0.05) is 35.7 Å². The number of unbranched alkanes of at least 4 members (excludes halogenated alkanes) is 1. The van der Waals surface area contributed by atoms with Crippen molar-refractivity contribution in [1.82, 2.24) is 0 Å². The molecular formula is C12H15BrN2O. The third-order valence-corrected chi connectivity index (χ3v) is 3.23. The molecule has 1 atom stereocenters. The number of hydrogen-bond acceptors (Lipinski definition) is 2. The highest BCUT2D eigenvalue weighted by Crippen LogP contribution is 2.30. The molecule has 0 spiro atoms. The van der Waals surface area contributed by atoms with E-state index in [4.69, 9.17) is 0 Å². The lowest BCUT2D eigenvalue weighted by Gasteiger charge is -2.26. The summed E-state index contributed by atoms with van der Waals surface area (Å²) in [6.45, 7) is 2.13. The summed E-state index contributed by atoms with van der Waals surface area (Å²) in [4.78, 5) is 11.8. The molecule has 0 bridgehead atoms. The molecule has 0 radical (unpaired) electrons. The Bertz CT molecular complexity index is 406. The monoisotopic (exact) mass is 282 g/mol. The highest BCUT2D eigenvalue weighted by Gasteiger charge is 2.24. The van der Waals surface area contributed by atoms with E-state index < -0.39 is 0 Å². The van der Waals surface area contributed by atoms with Crippen molar-refractivity contribution in [3.05, 3.63) is 22.7 Å². The molecule has 0 saturated heterocycles. The fraction of sp³-hybridized carbons (Fsp3) is 0.417. The molecule has 1 heterocycles. The average Bonchev–Trinajstić information content (AvgIpc) is 2.26. The zero-order chi connectivity index (χ0) is 11.5. The molecule has 16 heavy (non-hydrogen) atoms. The number of anilines is 2. The summed E-state index contributed by atoms with van der Waals surface area (Å²) in [7, 11) is 0. The van der Waals surface area contributed by atoms with E-state index in [1.54, 1.807) is 0 Å². The van der Waals surface area contributed by atoms with E-state index in [1.165, 1.54) is 0 Å². The first-order chi connectivity index (χ1) is 7.70. The Morgan fingerprint density at radius 1 is 1.38 bits per heavy atom. The predicted octanol–water partition coefficient (Wildman–Crippen LogP) is 3.37. The topological polar surface area (TPSA) is 41.1 Å². The summed E-state index contributed by atoms with van der Waals surface area (Å²) in [6, 6.07) is 5.78. The molecule has 0 aromatic heterocycles. The van der Waals surface area contributed by atoms with Gasteiger partial charge in [0.2, 0.25) is 5.91 Å². The first-order valence-electron chi connectivity index (χ1n) is 5.57. The molecule has 2 N–H and O–H groups in total. The number of nitrogens with one attached hydrogen (secondary N) is 2. The van der Waals surface area contributed by atoms with Gasteiger partial charge in [-0.15, -0.1) is 0 Å². The molecule has 1 aromatic rings. The van der Waals surface area contributed by atoms with Crippen LogP contribution in [0.1, 0.15) is 26.2 Å². The molecule has 1 aliphatic heterocycles. The lowest BCUT2D eigenvalue weighted by atomic mass is 10.1. The fourth-order valence-electron chi connectivity index (χ4n) is 1.83. The minimum atomic E-state index is -0.0892. The number of amides is 1. The lowest BCUT2D eigenvalue weighted by molar-refractivity contribution is -0.117. The second-order valence-electron chi connectivity index (χ2n) is 4.02. The van der Waals surface area contributed by atoms with Gasteiger partial charge in [0.1, 0.15) is 6.04 Å². The maximum absolute atomic E-state index is 11.8. The van der Waals surface area contributed by atoms with E-state index >= 15 is 0 Å². The molecule has 0 fully saturated rings. The number of fused-ring (bicyclic) bond motifs is 1. The Labute approximate surface area is 104 Å². The van der Waals surface area contributed by atoms with E-state index in [0.717, 1.165) is 35.1 Å². The number of carbonyl (C=O) groups excluding carboxylic acids is 1. The summed E-state index contributed by atoms with van der Waals surface area (Å²) in [5.41, 5.74) is 1.86. The average molecular weight is 283 g/mol. The predicted molar refractivity (Wildman–Crippen MR) is 69.7 cm³/mol. The van der Waals surface area contributed by atoms with E-state index in [-0.39, 0.29) is 11.9 Å². The molecule has 4 heteroatoms. The third-order valence-electron chi connectivity index (χ3n) is 2.73. The van der Waals surface area contributed by atoms with Gasteiger partial charge < -0.3 is 10.6 Å². The minimum Gasteiger partial charge on any atom is -0.372 e. The number of benzene rings is 1. The minimum absolute atomic E-state index is 0.0686. The van der Waals surface area contributed by atoms with E-state index in [2.05, 4.69) is 33.5 Å². The molecule has 0 saturated carbocycles. The molecule has 1 aromatic carbocycles. The maximum atomic E-state index is 11.8. The van der Waals surface area contributed by atoms with Crippen molar-refractivity contribution >= 4 is 33.2 Å². The molecule has 1 amide bonds. The van der Waals surface area contributed by atoms with Gasteiger partial charge in [-0.3, -0.25) is 4.79 Å². The summed E-state index contributed by atoms with van der Waals surface area (Å²) in [5, 5.41) is 6.20. The SMILES string of the molecule is CCCCC1Nc2ccc(Br)cc2NC1=O. The van der Waals surface area contributed by atoms with Crippen molar-refractivity contribution in [2.24, 2.45) is 0 Å². The number of carbonyl (C=O) groups is 1. The fourth-order valence-corrected chi connectivity index (χ4v) is 2.19. The summed E-state index contributed by atoms with van der Waals surface area (Å²) < 4.78 is 0.973. The van der Waals surface area contributed by atoms with Crippen molar-refractivity contribution in [3.8, 4) is 0 Å². The second-order valence-corrected chi connectivity index (χ2v) is 4.93. The van der Waals surface area contributed by atoms with Gasteiger partial charge in [0.25, 0.3) is 0 Å². The molecular weight excluding hydrogens is 268 g/mol. The number of halogens is 1. The molecule has 1 unspecified atom stereocenters. The Kier molecular flexibility index (Phi) is 3.49. The van der Waals surface area contributed by atoms with Gasteiger partial charge >= 0.3 is 0 Å². The summed E-state index contributed by atoms with van der Waals surface area (Å²) >= 11 is 3.39. The zero-order valence-electron chi connectivity index (χ0n) is 9.22. The van der Waals surface area contributed by atoms with Gasteiger partial charge in [-0.05, 0) is 24.6 Å². The van der Waals surface area contributed by atoms with Crippen molar-refractivity contribution in [3.63, 3.8) is 0 Å². The molecule has 2 rings (SSSR count). The number of hydrogen-bond donors (Lipinski definition) is 2. The second kappa shape index (κ2) is 4.87. The van der Waals surface area contributed by atoms with Gasteiger partial charge in [0, 0.05) is 4.47 Å². The molecule has 0 aliphatic carbocycles.